The second kappa shape index (κ2) is 8.43. The number of rotatable bonds is 5. The molecular weight excluding hydrogens is 375 g/mol. The van der Waals surface area contributed by atoms with Gasteiger partial charge in [0.2, 0.25) is 0 Å². The van der Waals surface area contributed by atoms with Gasteiger partial charge in [0.15, 0.2) is 6.61 Å². The lowest BCUT2D eigenvalue weighted by Gasteiger charge is -2.18. The average molecular weight is 393 g/mol. The Balaban J connectivity index is 1.69. The Morgan fingerprint density at radius 2 is 1.81 bits per heavy atom. The maximum atomic E-state index is 12.7. The highest BCUT2D eigenvalue weighted by Crippen LogP contribution is 2.25. The van der Waals surface area contributed by atoms with Crippen LogP contribution >= 0.6 is 23.2 Å². The van der Waals surface area contributed by atoms with Crippen LogP contribution in [0.2, 0.25) is 10.0 Å². The number of ether oxygens (including phenoxy) is 1. The Hall–Kier alpha value is -2.24. The topological polar surface area (TPSA) is 58.6 Å². The maximum Gasteiger partial charge on any atom is 0.262 e. The number of benzene rings is 2. The molecule has 136 valence electrons. The van der Waals surface area contributed by atoms with Crippen molar-refractivity contribution in [3.63, 3.8) is 0 Å². The minimum Gasteiger partial charge on any atom is -0.482 e. The van der Waals surface area contributed by atoms with Crippen molar-refractivity contribution in [3.05, 3.63) is 58.1 Å². The monoisotopic (exact) mass is 392 g/mol. The van der Waals surface area contributed by atoms with Gasteiger partial charge in [-0.15, -0.1) is 0 Å². The quantitative estimate of drug-likeness (QED) is 0.827. The summed E-state index contributed by atoms with van der Waals surface area (Å²) in [4.78, 5) is 26.7. The van der Waals surface area contributed by atoms with Gasteiger partial charge in [0.25, 0.3) is 11.8 Å². The van der Waals surface area contributed by atoms with E-state index >= 15 is 0 Å². The van der Waals surface area contributed by atoms with E-state index in [0.29, 0.717) is 40.1 Å². The van der Waals surface area contributed by atoms with Crippen LogP contribution in [0.25, 0.3) is 0 Å². The summed E-state index contributed by atoms with van der Waals surface area (Å²) >= 11 is 12.0. The van der Waals surface area contributed by atoms with Crippen LogP contribution in [0.1, 0.15) is 23.2 Å². The zero-order valence-electron chi connectivity index (χ0n) is 14.0. The third-order valence-electron chi connectivity index (χ3n) is 4.07. The summed E-state index contributed by atoms with van der Waals surface area (Å²) in [6, 6.07) is 11.7. The molecule has 5 nitrogen and oxygen atoms in total. The molecule has 26 heavy (non-hydrogen) atoms. The maximum absolute atomic E-state index is 12.7. The van der Waals surface area contributed by atoms with Crippen LogP contribution in [0.3, 0.4) is 0 Å². The molecule has 0 saturated carbocycles. The number of amides is 2. The van der Waals surface area contributed by atoms with E-state index in [4.69, 9.17) is 27.9 Å². The van der Waals surface area contributed by atoms with E-state index in [9.17, 15) is 9.59 Å². The van der Waals surface area contributed by atoms with E-state index < -0.39 is 0 Å². The first-order valence-electron chi connectivity index (χ1n) is 8.30. The lowest BCUT2D eigenvalue weighted by atomic mass is 10.1. The predicted octanol–water partition coefficient (Wildman–Crippen LogP) is 4.25. The molecule has 1 heterocycles. The van der Waals surface area contributed by atoms with E-state index in [1.165, 1.54) is 0 Å². The van der Waals surface area contributed by atoms with Crippen LogP contribution in [0.15, 0.2) is 42.5 Å². The van der Waals surface area contributed by atoms with Crippen molar-refractivity contribution in [1.29, 1.82) is 0 Å². The number of hydrogen-bond donors (Lipinski definition) is 1. The van der Waals surface area contributed by atoms with Gasteiger partial charge >= 0.3 is 0 Å². The summed E-state index contributed by atoms with van der Waals surface area (Å²) in [6.07, 6.45) is 1.97. The van der Waals surface area contributed by atoms with Crippen molar-refractivity contribution < 1.29 is 14.3 Å². The van der Waals surface area contributed by atoms with E-state index in [1.54, 1.807) is 47.4 Å². The fourth-order valence-corrected chi connectivity index (χ4v) is 3.15. The molecule has 1 aliphatic rings. The predicted molar refractivity (Wildman–Crippen MR) is 102 cm³/mol. The van der Waals surface area contributed by atoms with Crippen molar-refractivity contribution in [2.24, 2.45) is 0 Å². The van der Waals surface area contributed by atoms with Gasteiger partial charge < -0.3 is 15.0 Å². The van der Waals surface area contributed by atoms with Gasteiger partial charge in [0, 0.05) is 18.1 Å². The molecule has 0 aromatic heterocycles. The van der Waals surface area contributed by atoms with Gasteiger partial charge in [-0.2, -0.15) is 0 Å². The van der Waals surface area contributed by atoms with Crippen LogP contribution in [-0.2, 0) is 4.79 Å². The molecule has 3 rings (SSSR count). The van der Waals surface area contributed by atoms with Crippen molar-refractivity contribution in [2.45, 2.75) is 12.8 Å². The van der Waals surface area contributed by atoms with Crippen molar-refractivity contribution in [3.8, 4) is 5.75 Å². The Kier molecular flexibility index (Phi) is 6.01. The molecule has 7 heteroatoms. The highest BCUT2D eigenvalue weighted by atomic mass is 35.5. The fraction of sp³-hybridized carbons (Fsp3) is 0.263. The Bertz CT molecular complexity index is 820. The summed E-state index contributed by atoms with van der Waals surface area (Å²) in [7, 11) is 0. The molecule has 0 unspecified atom stereocenters. The second-order valence-electron chi connectivity index (χ2n) is 5.96. The summed E-state index contributed by atoms with van der Waals surface area (Å²) in [5, 5.41) is 3.59. The Labute approximate surface area is 161 Å². The van der Waals surface area contributed by atoms with E-state index in [1.807, 2.05) is 0 Å². The summed E-state index contributed by atoms with van der Waals surface area (Å²) in [5.41, 5.74) is 0.796. The molecular formula is C19H18Cl2N2O3. The molecule has 0 aliphatic carbocycles. The highest BCUT2D eigenvalue weighted by molar-refractivity contribution is 6.32. The SMILES string of the molecule is O=C(COc1ccccc1Cl)Nc1ccc(Cl)cc1C(=O)N1CCCC1. The third-order valence-corrected chi connectivity index (χ3v) is 4.62. The molecule has 1 N–H and O–H groups in total. The van der Waals surface area contributed by atoms with E-state index in [-0.39, 0.29) is 18.4 Å². The number of carbonyl (C=O) groups is 2. The Morgan fingerprint density at radius 1 is 1.08 bits per heavy atom. The minimum atomic E-state index is -0.386. The number of halogens is 2. The average Bonchev–Trinajstić information content (AvgIpc) is 3.16. The first kappa shape index (κ1) is 18.5. The number of anilines is 1. The standard InChI is InChI=1S/C19H18Cl2N2O3/c20-13-7-8-16(14(11-13)19(25)23-9-3-4-10-23)22-18(24)12-26-17-6-2-1-5-15(17)21/h1-2,5-8,11H,3-4,9-10,12H2,(H,22,24). The molecule has 0 spiro atoms. The molecule has 0 bridgehead atoms. The van der Waals surface area contributed by atoms with Crippen molar-refractivity contribution in [2.75, 3.05) is 25.0 Å². The van der Waals surface area contributed by atoms with Gasteiger partial charge in [-0.25, -0.2) is 0 Å². The van der Waals surface area contributed by atoms with Crippen molar-refractivity contribution >= 4 is 40.7 Å². The number of likely N-dealkylation sites (tertiary alicyclic amines) is 1. The van der Waals surface area contributed by atoms with Crippen LogP contribution in [0, 0.1) is 0 Å². The zero-order valence-corrected chi connectivity index (χ0v) is 15.5. The third kappa shape index (κ3) is 4.48. The molecule has 1 saturated heterocycles. The second-order valence-corrected chi connectivity index (χ2v) is 6.80. The number of nitrogens with one attached hydrogen (secondary N) is 1. The van der Waals surface area contributed by atoms with Gasteiger partial charge in [-0.1, -0.05) is 35.3 Å². The lowest BCUT2D eigenvalue weighted by molar-refractivity contribution is -0.118. The van der Waals surface area contributed by atoms with E-state index in [0.717, 1.165) is 12.8 Å². The fourth-order valence-electron chi connectivity index (χ4n) is 2.78. The van der Waals surface area contributed by atoms with Gasteiger partial charge in [-0.05, 0) is 43.2 Å². The van der Waals surface area contributed by atoms with E-state index in [2.05, 4.69) is 5.32 Å². The molecule has 0 atom stereocenters. The minimum absolute atomic E-state index is 0.132. The van der Waals surface area contributed by atoms with Crippen LogP contribution < -0.4 is 10.1 Å². The van der Waals surface area contributed by atoms with Gasteiger partial charge in [-0.3, -0.25) is 9.59 Å². The molecule has 1 aliphatic heterocycles. The Morgan fingerprint density at radius 3 is 2.54 bits per heavy atom. The molecule has 2 aromatic carbocycles. The molecule has 2 aromatic rings. The van der Waals surface area contributed by atoms with Crippen LogP contribution in [0.4, 0.5) is 5.69 Å². The van der Waals surface area contributed by atoms with Crippen LogP contribution in [0.5, 0.6) is 5.75 Å². The van der Waals surface area contributed by atoms with Gasteiger partial charge in [0.1, 0.15) is 5.75 Å². The first-order chi connectivity index (χ1) is 12.5. The summed E-state index contributed by atoms with van der Waals surface area (Å²) in [5.74, 6) is -0.0937. The number of para-hydroxylation sites is 1. The normalized spacial score (nSPS) is 13.5. The van der Waals surface area contributed by atoms with Gasteiger partial charge in [0.05, 0.1) is 16.3 Å². The van der Waals surface area contributed by atoms with Crippen LogP contribution in [-0.4, -0.2) is 36.4 Å². The summed E-state index contributed by atoms with van der Waals surface area (Å²) < 4.78 is 5.43. The van der Waals surface area contributed by atoms with Crippen molar-refractivity contribution in [1.82, 2.24) is 4.90 Å². The molecule has 0 radical (unpaired) electrons. The highest BCUT2D eigenvalue weighted by Gasteiger charge is 2.23. The lowest BCUT2D eigenvalue weighted by Crippen LogP contribution is -2.29. The zero-order chi connectivity index (χ0) is 18.5. The molecule has 2 amide bonds. The largest absolute Gasteiger partial charge is 0.482 e. The number of carbonyl (C=O) groups excluding carboxylic acids is 2. The number of nitrogens with zero attached hydrogens (tertiary/aromatic N) is 1. The first-order valence-corrected chi connectivity index (χ1v) is 9.06. The molecule has 1 fully saturated rings. The number of hydrogen-bond acceptors (Lipinski definition) is 3. The summed E-state index contributed by atoms with van der Waals surface area (Å²) in [6.45, 7) is 1.21. The smallest absolute Gasteiger partial charge is 0.262 e.